The van der Waals surface area contributed by atoms with Gasteiger partial charge in [0.1, 0.15) is 0 Å². The van der Waals surface area contributed by atoms with Crippen LogP contribution < -0.4 is 11.1 Å². The first-order valence-electron chi connectivity index (χ1n) is 5.20. The van der Waals surface area contributed by atoms with E-state index in [-0.39, 0.29) is 11.5 Å². The fourth-order valence-corrected chi connectivity index (χ4v) is 1.96. The normalized spacial score (nSPS) is 10.2. The predicted octanol–water partition coefficient (Wildman–Crippen LogP) is 3.52. The van der Waals surface area contributed by atoms with Crippen molar-refractivity contribution >= 4 is 50.7 Å². The van der Waals surface area contributed by atoms with Crippen molar-refractivity contribution in [3.63, 3.8) is 0 Å². The van der Waals surface area contributed by atoms with Gasteiger partial charge in [-0.1, -0.05) is 17.7 Å². The third-order valence-corrected chi connectivity index (χ3v) is 3.75. The van der Waals surface area contributed by atoms with Gasteiger partial charge in [0.05, 0.1) is 20.9 Å². The molecule has 0 saturated heterocycles. The molecule has 1 heterocycles. The van der Waals surface area contributed by atoms with E-state index in [1.807, 2.05) is 0 Å². The number of hydrogen-bond acceptors (Lipinski definition) is 4. The lowest BCUT2D eigenvalue weighted by Gasteiger charge is -2.11. The summed E-state index contributed by atoms with van der Waals surface area (Å²) in [7, 11) is 0. The summed E-state index contributed by atoms with van der Waals surface area (Å²) in [4.78, 5) is 14.8. The number of hydrogen-bond donors (Lipinski definition) is 3. The van der Waals surface area contributed by atoms with Gasteiger partial charge in [0, 0.05) is 0 Å². The van der Waals surface area contributed by atoms with Crippen LogP contribution in [0.4, 0.5) is 17.2 Å². The van der Waals surface area contributed by atoms with E-state index < -0.39 is 5.97 Å². The third kappa shape index (κ3) is 2.97. The van der Waals surface area contributed by atoms with Crippen LogP contribution in [0.3, 0.4) is 0 Å². The summed E-state index contributed by atoms with van der Waals surface area (Å²) < 4.78 is 0.651. The van der Waals surface area contributed by atoms with Crippen LogP contribution in [0.2, 0.25) is 5.02 Å². The van der Waals surface area contributed by atoms with Gasteiger partial charge >= 0.3 is 5.97 Å². The number of anilines is 3. The lowest BCUT2D eigenvalue weighted by Crippen LogP contribution is -2.06. The Labute approximate surface area is 122 Å². The second-order valence-electron chi connectivity index (χ2n) is 3.67. The number of nitrogen functional groups attached to an aromatic ring is 1. The van der Waals surface area contributed by atoms with E-state index in [2.05, 4.69) is 26.2 Å². The van der Waals surface area contributed by atoms with Gasteiger partial charge in [0.15, 0.2) is 11.5 Å². The standard InChI is InChI=1S/C12H9BrClN3O2/c13-10-6(14)2-1-3-8(10)16-11-7(15)4-5-9(17-11)12(18)19/h1-5H,15H2,(H,16,17)(H,18,19). The van der Waals surface area contributed by atoms with Crippen LogP contribution in [0, 0.1) is 0 Å². The van der Waals surface area contributed by atoms with Crippen LogP contribution in [0.5, 0.6) is 0 Å². The molecular weight excluding hydrogens is 334 g/mol. The zero-order valence-electron chi connectivity index (χ0n) is 9.52. The number of halogens is 2. The van der Waals surface area contributed by atoms with Crippen molar-refractivity contribution < 1.29 is 9.90 Å². The Morgan fingerprint density at radius 2 is 2.11 bits per heavy atom. The molecule has 7 heteroatoms. The number of carboxylic acid groups (broad SMARTS) is 1. The number of carboxylic acids is 1. The van der Waals surface area contributed by atoms with E-state index in [1.165, 1.54) is 12.1 Å². The number of pyridine rings is 1. The lowest BCUT2D eigenvalue weighted by molar-refractivity contribution is 0.0690. The van der Waals surface area contributed by atoms with E-state index >= 15 is 0 Å². The smallest absolute Gasteiger partial charge is 0.354 e. The summed E-state index contributed by atoms with van der Waals surface area (Å²) in [5.74, 6) is -0.851. The van der Waals surface area contributed by atoms with E-state index in [0.29, 0.717) is 20.9 Å². The number of nitrogens with one attached hydrogen (secondary N) is 1. The fraction of sp³-hybridized carbons (Fsp3) is 0. The molecule has 98 valence electrons. The second-order valence-corrected chi connectivity index (χ2v) is 4.87. The highest BCUT2D eigenvalue weighted by Crippen LogP contribution is 2.32. The summed E-state index contributed by atoms with van der Waals surface area (Å²) >= 11 is 9.30. The monoisotopic (exact) mass is 341 g/mol. The maximum atomic E-state index is 10.9. The van der Waals surface area contributed by atoms with Crippen molar-refractivity contribution in [1.29, 1.82) is 0 Å². The molecule has 1 aromatic carbocycles. The number of aromatic carboxylic acids is 1. The van der Waals surface area contributed by atoms with Gasteiger partial charge in [-0.3, -0.25) is 0 Å². The topological polar surface area (TPSA) is 88.2 Å². The molecule has 0 aliphatic heterocycles. The zero-order chi connectivity index (χ0) is 14.0. The van der Waals surface area contributed by atoms with Crippen molar-refractivity contribution in [3.8, 4) is 0 Å². The molecule has 4 N–H and O–H groups in total. The summed E-state index contributed by atoms with van der Waals surface area (Å²) in [5.41, 5.74) is 6.66. The number of nitrogens with two attached hydrogens (primary N) is 1. The van der Waals surface area contributed by atoms with Crippen LogP contribution in [0.1, 0.15) is 10.5 Å². The van der Waals surface area contributed by atoms with Gasteiger partial charge in [-0.25, -0.2) is 9.78 Å². The van der Waals surface area contributed by atoms with Crippen LogP contribution in [0.15, 0.2) is 34.8 Å². The highest BCUT2D eigenvalue weighted by Gasteiger charge is 2.11. The van der Waals surface area contributed by atoms with Gasteiger partial charge < -0.3 is 16.2 Å². The minimum Gasteiger partial charge on any atom is -0.477 e. The zero-order valence-corrected chi connectivity index (χ0v) is 11.9. The molecule has 0 unspecified atom stereocenters. The van der Waals surface area contributed by atoms with Crippen molar-refractivity contribution in [3.05, 3.63) is 45.5 Å². The van der Waals surface area contributed by atoms with Crippen LogP contribution in [0.25, 0.3) is 0 Å². The average molecular weight is 343 g/mol. The summed E-state index contributed by atoms with van der Waals surface area (Å²) in [6.45, 7) is 0. The highest BCUT2D eigenvalue weighted by molar-refractivity contribution is 9.10. The van der Waals surface area contributed by atoms with Gasteiger partial charge in [-0.05, 0) is 40.2 Å². The Morgan fingerprint density at radius 3 is 2.79 bits per heavy atom. The molecule has 5 nitrogen and oxygen atoms in total. The molecule has 0 atom stereocenters. The Morgan fingerprint density at radius 1 is 1.37 bits per heavy atom. The van der Waals surface area contributed by atoms with E-state index in [9.17, 15) is 4.79 Å². The average Bonchev–Trinajstić information content (AvgIpc) is 2.37. The van der Waals surface area contributed by atoms with E-state index in [4.69, 9.17) is 22.4 Å². The number of carbonyl (C=O) groups is 1. The van der Waals surface area contributed by atoms with Crippen LogP contribution in [-0.2, 0) is 0 Å². The van der Waals surface area contributed by atoms with Gasteiger partial charge in [-0.15, -0.1) is 0 Å². The van der Waals surface area contributed by atoms with Crippen molar-refractivity contribution in [2.75, 3.05) is 11.1 Å². The molecule has 0 radical (unpaired) electrons. The minimum atomic E-state index is -1.12. The molecule has 19 heavy (non-hydrogen) atoms. The molecule has 1 aromatic heterocycles. The molecular formula is C12H9BrClN3O2. The van der Waals surface area contributed by atoms with Crippen molar-refractivity contribution in [2.45, 2.75) is 0 Å². The van der Waals surface area contributed by atoms with Crippen molar-refractivity contribution in [2.24, 2.45) is 0 Å². The first-order valence-corrected chi connectivity index (χ1v) is 6.37. The molecule has 2 aromatic rings. The van der Waals surface area contributed by atoms with Gasteiger partial charge in [0.2, 0.25) is 0 Å². The lowest BCUT2D eigenvalue weighted by atomic mass is 10.3. The van der Waals surface area contributed by atoms with Gasteiger partial charge in [-0.2, -0.15) is 0 Å². The van der Waals surface area contributed by atoms with Crippen LogP contribution in [-0.4, -0.2) is 16.1 Å². The third-order valence-electron chi connectivity index (χ3n) is 2.35. The summed E-state index contributed by atoms with van der Waals surface area (Å²) in [6.07, 6.45) is 0. The quantitative estimate of drug-likeness (QED) is 0.794. The molecule has 0 aliphatic rings. The van der Waals surface area contributed by atoms with Crippen molar-refractivity contribution in [1.82, 2.24) is 4.98 Å². The second kappa shape index (κ2) is 5.46. The predicted molar refractivity (Wildman–Crippen MR) is 78.0 cm³/mol. The van der Waals surface area contributed by atoms with Gasteiger partial charge in [0.25, 0.3) is 0 Å². The Balaban J connectivity index is 2.40. The Hall–Kier alpha value is -1.79. The first kappa shape index (κ1) is 13.6. The fourth-order valence-electron chi connectivity index (χ4n) is 1.42. The molecule has 0 fully saturated rings. The summed E-state index contributed by atoms with van der Waals surface area (Å²) in [6, 6.07) is 8.07. The number of benzene rings is 1. The largest absolute Gasteiger partial charge is 0.477 e. The highest BCUT2D eigenvalue weighted by atomic mass is 79.9. The molecule has 0 saturated carbocycles. The maximum Gasteiger partial charge on any atom is 0.354 e. The van der Waals surface area contributed by atoms with E-state index in [1.54, 1.807) is 18.2 Å². The molecule has 2 rings (SSSR count). The SMILES string of the molecule is Nc1ccc(C(=O)O)nc1Nc1cccc(Cl)c1Br. The van der Waals surface area contributed by atoms with Crippen LogP contribution >= 0.6 is 27.5 Å². The Bertz CT molecular complexity index is 649. The maximum absolute atomic E-state index is 10.9. The minimum absolute atomic E-state index is 0.0881. The summed E-state index contributed by atoms with van der Waals surface area (Å²) in [5, 5.41) is 12.4. The molecule has 0 aliphatic carbocycles. The number of aromatic nitrogens is 1. The number of rotatable bonds is 3. The molecule has 0 amide bonds. The first-order chi connectivity index (χ1) is 8.99. The Kier molecular flexibility index (Phi) is 3.92. The molecule has 0 spiro atoms. The molecule has 0 bridgehead atoms. The number of nitrogens with zero attached hydrogens (tertiary/aromatic N) is 1. The van der Waals surface area contributed by atoms with E-state index in [0.717, 1.165) is 0 Å².